The standard InChI is InChI=1S/C19H22F2N2.ClH/c1-22(2)10-3-11-23-18-12-16(20)8-6-14(18)4-5-15-7-9-17(21)13-19(15)23;/h6-9,12-13H,3-5,10-11H2,1-2H3;1H. The van der Waals surface area contributed by atoms with E-state index in [0.29, 0.717) is 0 Å². The first kappa shape index (κ1) is 18.7. The largest absolute Gasteiger partial charge is 0.341 e. The molecule has 2 aromatic rings. The van der Waals surface area contributed by atoms with E-state index in [1.54, 1.807) is 12.1 Å². The van der Waals surface area contributed by atoms with Crippen LogP contribution in [-0.4, -0.2) is 32.1 Å². The second kappa shape index (κ2) is 7.95. The van der Waals surface area contributed by atoms with Gasteiger partial charge in [-0.1, -0.05) is 12.1 Å². The number of hydrogen-bond donors (Lipinski definition) is 0. The quantitative estimate of drug-likeness (QED) is 0.795. The van der Waals surface area contributed by atoms with E-state index in [1.165, 1.54) is 12.1 Å². The minimum Gasteiger partial charge on any atom is -0.341 e. The van der Waals surface area contributed by atoms with Gasteiger partial charge in [0.2, 0.25) is 0 Å². The lowest BCUT2D eigenvalue weighted by atomic mass is 10.0. The van der Waals surface area contributed by atoms with Crippen LogP contribution in [0.4, 0.5) is 20.2 Å². The molecule has 0 bridgehead atoms. The van der Waals surface area contributed by atoms with E-state index in [9.17, 15) is 8.78 Å². The summed E-state index contributed by atoms with van der Waals surface area (Å²) in [7, 11) is 4.06. The van der Waals surface area contributed by atoms with E-state index in [4.69, 9.17) is 0 Å². The number of halogens is 3. The highest BCUT2D eigenvalue weighted by Gasteiger charge is 2.21. The van der Waals surface area contributed by atoms with Gasteiger partial charge in [0.15, 0.2) is 0 Å². The van der Waals surface area contributed by atoms with E-state index >= 15 is 0 Å². The molecule has 0 aromatic heterocycles. The first-order valence-electron chi connectivity index (χ1n) is 8.04. The van der Waals surface area contributed by atoms with Crippen molar-refractivity contribution in [3.05, 3.63) is 59.2 Å². The van der Waals surface area contributed by atoms with Crippen molar-refractivity contribution in [2.45, 2.75) is 19.3 Å². The fourth-order valence-corrected chi connectivity index (χ4v) is 3.18. The molecule has 5 heteroatoms. The van der Waals surface area contributed by atoms with Gasteiger partial charge in [-0.25, -0.2) is 8.78 Å². The Kier molecular flexibility index (Phi) is 6.19. The Balaban J connectivity index is 0.00000208. The molecular weight excluding hydrogens is 330 g/mol. The molecular formula is C19H23ClF2N2. The van der Waals surface area contributed by atoms with Gasteiger partial charge in [-0.3, -0.25) is 0 Å². The maximum atomic E-state index is 13.8. The molecule has 1 aliphatic rings. The number of hydrogen-bond acceptors (Lipinski definition) is 2. The number of benzene rings is 2. The van der Waals surface area contributed by atoms with Gasteiger partial charge in [0, 0.05) is 17.9 Å². The molecule has 0 atom stereocenters. The van der Waals surface area contributed by atoms with Crippen molar-refractivity contribution >= 4 is 23.8 Å². The summed E-state index contributed by atoms with van der Waals surface area (Å²) < 4.78 is 27.6. The minimum absolute atomic E-state index is 0. The highest BCUT2D eigenvalue weighted by molar-refractivity contribution is 5.85. The van der Waals surface area contributed by atoms with Crippen molar-refractivity contribution in [2.75, 3.05) is 32.1 Å². The molecule has 0 N–H and O–H groups in total. The van der Waals surface area contributed by atoms with Gasteiger partial charge in [0.05, 0.1) is 0 Å². The Labute approximate surface area is 148 Å². The van der Waals surface area contributed by atoms with Gasteiger partial charge in [-0.05, 0) is 75.3 Å². The predicted molar refractivity (Wildman–Crippen MR) is 97.6 cm³/mol. The van der Waals surface area contributed by atoms with Crippen LogP contribution in [0.5, 0.6) is 0 Å². The molecule has 0 fully saturated rings. The van der Waals surface area contributed by atoms with Crippen molar-refractivity contribution < 1.29 is 8.78 Å². The van der Waals surface area contributed by atoms with Crippen molar-refractivity contribution in [3.63, 3.8) is 0 Å². The Morgan fingerprint density at radius 1 is 0.917 bits per heavy atom. The zero-order valence-corrected chi connectivity index (χ0v) is 14.9. The van der Waals surface area contributed by atoms with Gasteiger partial charge in [-0.2, -0.15) is 0 Å². The van der Waals surface area contributed by atoms with Crippen molar-refractivity contribution in [1.29, 1.82) is 0 Å². The molecule has 0 saturated heterocycles. The highest BCUT2D eigenvalue weighted by Crippen LogP contribution is 2.37. The number of nitrogens with zero attached hydrogens (tertiary/aromatic N) is 2. The summed E-state index contributed by atoms with van der Waals surface area (Å²) in [5.41, 5.74) is 3.97. The van der Waals surface area contributed by atoms with E-state index in [-0.39, 0.29) is 24.0 Å². The van der Waals surface area contributed by atoms with Gasteiger partial charge in [0.1, 0.15) is 11.6 Å². The average Bonchev–Trinajstić information content (AvgIpc) is 2.64. The third-order valence-electron chi connectivity index (χ3n) is 4.33. The van der Waals surface area contributed by atoms with Crippen LogP contribution in [0.3, 0.4) is 0 Å². The monoisotopic (exact) mass is 352 g/mol. The van der Waals surface area contributed by atoms with E-state index in [2.05, 4.69) is 9.80 Å². The van der Waals surface area contributed by atoms with Crippen LogP contribution < -0.4 is 4.90 Å². The predicted octanol–water partition coefficient (Wildman–Crippen LogP) is 4.58. The number of anilines is 2. The molecule has 0 unspecified atom stereocenters. The zero-order chi connectivity index (χ0) is 16.4. The van der Waals surface area contributed by atoms with Gasteiger partial charge in [0.25, 0.3) is 0 Å². The minimum atomic E-state index is -0.249. The summed E-state index contributed by atoms with van der Waals surface area (Å²) in [5.74, 6) is -0.498. The van der Waals surface area contributed by atoms with Crippen molar-refractivity contribution in [3.8, 4) is 0 Å². The maximum absolute atomic E-state index is 13.8. The fraction of sp³-hybridized carbons (Fsp3) is 0.368. The zero-order valence-electron chi connectivity index (χ0n) is 14.1. The third kappa shape index (κ3) is 4.05. The average molecular weight is 353 g/mol. The summed E-state index contributed by atoms with van der Waals surface area (Å²) in [6, 6.07) is 9.87. The Hall–Kier alpha value is -1.65. The van der Waals surface area contributed by atoms with Gasteiger partial charge in [-0.15, -0.1) is 12.4 Å². The van der Waals surface area contributed by atoms with Gasteiger partial charge >= 0.3 is 0 Å². The molecule has 2 aromatic carbocycles. The van der Waals surface area contributed by atoms with E-state index in [1.807, 2.05) is 26.2 Å². The molecule has 0 saturated carbocycles. The van der Waals surface area contributed by atoms with Crippen LogP contribution >= 0.6 is 12.4 Å². The second-order valence-electron chi connectivity index (χ2n) is 6.35. The lowest BCUT2D eigenvalue weighted by Gasteiger charge is -2.27. The molecule has 24 heavy (non-hydrogen) atoms. The SMILES string of the molecule is CN(C)CCCN1c2cc(F)ccc2CCc2ccc(F)cc21.Cl. The molecule has 0 spiro atoms. The third-order valence-corrected chi connectivity index (χ3v) is 4.33. The fourth-order valence-electron chi connectivity index (χ4n) is 3.18. The highest BCUT2D eigenvalue weighted by atomic mass is 35.5. The normalized spacial score (nSPS) is 13.1. The van der Waals surface area contributed by atoms with Crippen LogP contribution in [0.1, 0.15) is 17.5 Å². The molecule has 1 aliphatic heterocycles. The number of rotatable bonds is 4. The Morgan fingerprint density at radius 2 is 1.42 bits per heavy atom. The summed E-state index contributed by atoms with van der Waals surface area (Å²) >= 11 is 0. The van der Waals surface area contributed by atoms with Crippen molar-refractivity contribution in [2.24, 2.45) is 0 Å². The molecule has 130 valence electrons. The lowest BCUT2D eigenvalue weighted by molar-refractivity contribution is 0.402. The second-order valence-corrected chi connectivity index (χ2v) is 6.35. The number of fused-ring (bicyclic) bond motifs is 2. The molecule has 3 rings (SSSR count). The van der Waals surface area contributed by atoms with Crippen LogP contribution in [0, 0.1) is 11.6 Å². The molecule has 0 amide bonds. The van der Waals surface area contributed by atoms with Crippen molar-refractivity contribution in [1.82, 2.24) is 4.90 Å². The van der Waals surface area contributed by atoms with E-state index < -0.39 is 0 Å². The topological polar surface area (TPSA) is 6.48 Å². The summed E-state index contributed by atoms with van der Waals surface area (Å²) in [5, 5.41) is 0. The Morgan fingerprint density at radius 3 is 1.88 bits per heavy atom. The maximum Gasteiger partial charge on any atom is 0.125 e. The smallest absolute Gasteiger partial charge is 0.125 e. The lowest BCUT2D eigenvalue weighted by Crippen LogP contribution is -2.24. The van der Waals surface area contributed by atoms with Gasteiger partial charge < -0.3 is 9.80 Å². The number of aryl methyl sites for hydroxylation is 2. The van der Waals surface area contributed by atoms with Crippen LogP contribution in [0.2, 0.25) is 0 Å². The Bertz CT molecular complexity index is 650. The molecule has 0 radical (unpaired) electrons. The summed E-state index contributed by atoms with van der Waals surface area (Å²) in [6.45, 7) is 1.68. The molecule has 2 nitrogen and oxygen atoms in total. The van der Waals surface area contributed by atoms with E-state index in [0.717, 1.165) is 54.9 Å². The van der Waals surface area contributed by atoms with Crippen LogP contribution in [0.25, 0.3) is 0 Å². The van der Waals surface area contributed by atoms with Crippen LogP contribution in [-0.2, 0) is 12.8 Å². The molecule has 0 aliphatic carbocycles. The van der Waals surface area contributed by atoms with Crippen LogP contribution in [0.15, 0.2) is 36.4 Å². The molecule has 1 heterocycles. The first-order chi connectivity index (χ1) is 11.0. The summed E-state index contributed by atoms with van der Waals surface area (Å²) in [6.07, 6.45) is 2.62. The summed E-state index contributed by atoms with van der Waals surface area (Å²) in [4.78, 5) is 4.20. The first-order valence-corrected chi connectivity index (χ1v) is 8.04.